The van der Waals surface area contributed by atoms with Crippen molar-refractivity contribution in [2.45, 2.75) is 58.8 Å². The van der Waals surface area contributed by atoms with Gasteiger partial charge in [0.25, 0.3) is 0 Å². The van der Waals surface area contributed by atoms with Crippen LogP contribution in [0.25, 0.3) is 0 Å². The Bertz CT molecular complexity index is 122. The van der Waals surface area contributed by atoms with Crippen LogP contribution in [0, 0.1) is 0 Å². The molecule has 2 unspecified atom stereocenters. The van der Waals surface area contributed by atoms with E-state index in [9.17, 15) is 0 Å². The van der Waals surface area contributed by atoms with Gasteiger partial charge in [0.05, 0.1) is 24.9 Å². The number of hydrogen-bond donors (Lipinski definition) is 1. The molecule has 0 rings (SSSR count). The molecule has 0 spiro atoms. The molecule has 0 heterocycles. The SMILES string of the molecule is CCCC(OCC)C(N)COC(C)C. The number of ether oxygens (including phenoxy) is 2. The molecule has 2 atom stereocenters. The lowest BCUT2D eigenvalue weighted by Gasteiger charge is -2.24. The van der Waals surface area contributed by atoms with E-state index >= 15 is 0 Å². The number of rotatable bonds is 8. The fourth-order valence-corrected chi connectivity index (χ4v) is 1.33. The Balaban J connectivity index is 3.81. The van der Waals surface area contributed by atoms with Gasteiger partial charge in [0.2, 0.25) is 0 Å². The average molecular weight is 203 g/mol. The first-order chi connectivity index (χ1) is 6.61. The Morgan fingerprint density at radius 1 is 1.14 bits per heavy atom. The largest absolute Gasteiger partial charge is 0.377 e. The summed E-state index contributed by atoms with van der Waals surface area (Å²) in [5, 5.41) is 0. The van der Waals surface area contributed by atoms with Gasteiger partial charge in [-0.1, -0.05) is 13.3 Å². The molecule has 0 bridgehead atoms. The summed E-state index contributed by atoms with van der Waals surface area (Å²) in [6, 6.07) is -0.00250. The van der Waals surface area contributed by atoms with Gasteiger partial charge < -0.3 is 15.2 Å². The van der Waals surface area contributed by atoms with Crippen LogP contribution in [0.4, 0.5) is 0 Å². The van der Waals surface area contributed by atoms with Crippen molar-refractivity contribution in [3.05, 3.63) is 0 Å². The summed E-state index contributed by atoms with van der Waals surface area (Å²) in [6.07, 6.45) is 2.49. The first kappa shape index (κ1) is 13.9. The fourth-order valence-electron chi connectivity index (χ4n) is 1.33. The van der Waals surface area contributed by atoms with Crippen LogP contribution >= 0.6 is 0 Å². The Labute approximate surface area is 88.0 Å². The molecule has 3 nitrogen and oxygen atoms in total. The van der Waals surface area contributed by atoms with Crippen molar-refractivity contribution >= 4 is 0 Å². The summed E-state index contributed by atoms with van der Waals surface area (Å²) in [4.78, 5) is 0. The number of hydrogen-bond acceptors (Lipinski definition) is 3. The monoisotopic (exact) mass is 203 g/mol. The maximum absolute atomic E-state index is 5.99. The topological polar surface area (TPSA) is 44.5 Å². The van der Waals surface area contributed by atoms with Crippen LogP contribution in [-0.4, -0.2) is 31.5 Å². The lowest BCUT2D eigenvalue weighted by atomic mass is 10.1. The molecule has 86 valence electrons. The normalized spacial score (nSPS) is 15.9. The summed E-state index contributed by atoms with van der Waals surface area (Å²) < 4.78 is 11.0. The Hall–Kier alpha value is -0.120. The molecule has 3 heteroatoms. The van der Waals surface area contributed by atoms with Crippen LogP contribution in [-0.2, 0) is 9.47 Å². The highest BCUT2D eigenvalue weighted by atomic mass is 16.5. The molecule has 0 fully saturated rings. The number of nitrogens with two attached hydrogens (primary N) is 1. The second-order valence-electron chi connectivity index (χ2n) is 3.83. The quantitative estimate of drug-likeness (QED) is 0.655. The van der Waals surface area contributed by atoms with E-state index < -0.39 is 0 Å². The van der Waals surface area contributed by atoms with E-state index in [-0.39, 0.29) is 18.2 Å². The van der Waals surface area contributed by atoms with Gasteiger partial charge in [-0.05, 0) is 27.2 Å². The van der Waals surface area contributed by atoms with Crippen molar-refractivity contribution in [2.24, 2.45) is 5.73 Å². The highest BCUT2D eigenvalue weighted by molar-refractivity contribution is 4.73. The highest BCUT2D eigenvalue weighted by Crippen LogP contribution is 2.07. The molecule has 14 heavy (non-hydrogen) atoms. The minimum absolute atomic E-state index is 0.00250. The molecule has 0 amide bonds. The summed E-state index contributed by atoms with van der Waals surface area (Å²) in [5.74, 6) is 0. The summed E-state index contributed by atoms with van der Waals surface area (Å²) in [7, 11) is 0. The van der Waals surface area contributed by atoms with Crippen molar-refractivity contribution < 1.29 is 9.47 Å². The van der Waals surface area contributed by atoms with Crippen LogP contribution in [0.1, 0.15) is 40.5 Å². The maximum atomic E-state index is 5.99. The molecule has 0 aliphatic heterocycles. The van der Waals surface area contributed by atoms with Gasteiger partial charge in [-0.3, -0.25) is 0 Å². The molecule has 0 saturated heterocycles. The fraction of sp³-hybridized carbons (Fsp3) is 1.00. The van der Waals surface area contributed by atoms with Crippen LogP contribution in [0.5, 0.6) is 0 Å². The van der Waals surface area contributed by atoms with Crippen LogP contribution in [0.3, 0.4) is 0 Å². The van der Waals surface area contributed by atoms with Gasteiger partial charge in [-0.25, -0.2) is 0 Å². The minimum atomic E-state index is -0.00250. The first-order valence-corrected chi connectivity index (χ1v) is 5.60. The van der Waals surface area contributed by atoms with E-state index in [0.717, 1.165) is 19.4 Å². The van der Waals surface area contributed by atoms with E-state index in [4.69, 9.17) is 15.2 Å². The van der Waals surface area contributed by atoms with E-state index in [1.165, 1.54) is 0 Å². The third-order valence-electron chi connectivity index (χ3n) is 2.05. The van der Waals surface area contributed by atoms with E-state index in [1.54, 1.807) is 0 Å². The molecule has 0 radical (unpaired) electrons. The van der Waals surface area contributed by atoms with Gasteiger partial charge in [-0.15, -0.1) is 0 Å². The third kappa shape index (κ3) is 6.35. The van der Waals surface area contributed by atoms with Crippen molar-refractivity contribution in [1.29, 1.82) is 0 Å². The zero-order valence-corrected chi connectivity index (χ0v) is 9.95. The lowest BCUT2D eigenvalue weighted by molar-refractivity contribution is -0.00654. The smallest absolute Gasteiger partial charge is 0.0748 e. The first-order valence-electron chi connectivity index (χ1n) is 5.60. The molecule has 0 aliphatic carbocycles. The lowest BCUT2D eigenvalue weighted by Crippen LogP contribution is -2.41. The van der Waals surface area contributed by atoms with Gasteiger partial charge in [0, 0.05) is 6.61 Å². The van der Waals surface area contributed by atoms with E-state index in [1.807, 2.05) is 20.8 Å². The molecule has 0 aromatic rings. The molecule has 0 aromatic carbocycles. The Morgan fingerprint density at radius 2 is 1.79 bits per heavy atom. The molecular formula is C11H25NO2. The van der Waals surface area contributed by atoms with Gasteiger partial charge in [0.15, 0.2) is 0 Å². The van der Waals surface area contributed by atoms with E-state index in [0.29, 0.717) is 6.61 Å². The Morgan fingerprint density at radius 3 is 2.21 bits per heavy atom. The zero-order valence-electron chi connectivity index (χ0n) is 9.95. The van der Waals surface area contributed by atoms with Gasteiger partial charge in [0.1, 0.15) is 0 Å². The highest BCUT2D eigenvalue weighted by Gasteiger charge is 2.17. The predicted molar refractivity (Wildman–Crippen MR) is 59.4 cm³/mol. The van der Waals surface area contributed by atoms with Crippen molar-refractivity contribution in [3.63, 3.8) is 0 Å². The molecular weight excluding hydrogens is 178 g/mol. The van der Waals surface area contributed by atoms with Crippen LogP contribution in [0.2, 0.25) is 0 Å². The van der Waals surface area contributed by atoms with Gasteiger partial charge >= 0.3 is 0 Å². The summed E-state index contributed by atoms with van der Waals surface area (Å²) >= 11 is 0. The molecule has 0 aliphatic rings. The van der Waals surface area contributed by atoms with Crippen LogP contribution < -0.4 is 5.73 Å². The molecule has 0 saturated carbocycles. The predicted octanol–water partition coefficient (Wildman–Crippen LogP) is 1.94. The summed E-state index contributed by atoms with van der Waals surface area (Å²) in [5.41, 5.74) is 5.99. The standard InChI is InChI=1S/C11H25NO2/c1-5-7-11(13-6-2)10(12)8-14-9(3)4/h9-11H,5-8,12H2,1-4H3. The second-order valence-corrected chi connectivity index (χ2v) is 3.83. The van der Waals surface area contributed by atoms with Gasteiger partial charge in [-0.2, -0.15) is 0 Å². The van der Waals surface area contributed by atoms with Crippen LogP contribution in [0.15, 0.2) is 0 Å². The summed E-state index contributed by atoms with van der Waals surface area (Å²) in [6.45, 7) is 9.48. The minimum Gasteiger partial charge on any atom is -0.377 e. The van der Waals surface area contributed by atoms with Crippen molar-refractivity contribution in [3.8, 4) is 0 Å². The van der Waals surface area contributed by atoms with Crippen molar-refractivity contribution in [1.82, 2.24) is 0 Å². The maximum Gasteiger partial charge on any atom is 0.0748 e. The second kappa shape index (κ2) is 8.21. The van der Waals surface area contributed by atoms with E-state index in [2.05, 4.69) is 6.92 Å². The van der Waals surface area contributed by atoms with Crippen molar-refractivity contribution in [2.75, 3.05) is 13.2 Å². The molecule has 2 N–H and O–H groups in total. The Kier molecular flexibility index (Phi) is 8.14. The average Bonchev–Trinajstić information content (AvgIpc) is 2.14. The zero-order chi connectivity index (χ0) is 11.0. The molecule has 0 aromatic heterocycles. The third-order valence-corrected chi connectivity index (χ3v) is 2.05.